The highest BCUT2D eigenvalue weighted by Crippen LogP contribution is 2.52. The van der Waals surface area contributed by atoms with E-state index in [1.54, 1.807) is 0 Å². The van der Waals surface area contributed by atoms with Crippen molar-refractivity contribution in [2.75, 3.05) is 0 Å². The van der Waals surface area contributed by atoms with Crippen LogP contribution in [-0.2, 0) is 4.43 Å². The average Bonchev–Trinajstić information content (AvgIpc) is 2.50. The summed E-state index contributed by atoms with van der Waals surface area (Å²) in [6.07, 6.45) is 4.98. The van der Waals surface area contributed by atoms with Gasteiger partial charge in [-0.2, -0.15) is 0 Å². The van der Waals surface area contributed by atoms with Crippen molar-refractivity contribution in [2.45, 2.75) is 32.5 Å². The predicted octanol–water partition coefficient (Wildman–Crippen LogP) is 2.76. The van der Waals surface area contributed by atoms with Crippen molar-refractivity contribution in [3.8, 4) is 0 Å². The van der Waals surface area contributed by atoms with Crippen LogP contribution in [0.25, 0.3) is 0 Å². The van der Waals surface area contributed by atoms with E-state index in [0.29, 0.717) is 0 Å². The van der Waals surface area contributed by atoms with Gasteiger partial charge in [-0.25, -0.2) is 0 Å². The van der Waals surface area contributed by atoms with E-state index in [-0.39, 0.29) is 0 Å². The minimum absolute atomic E-state index is 0.835. The van der Waals surface area contributed by atoms with E-state index in [2.05, 4.69) is 25.7 Å². The summed E-state index contributed by atoms with van der Waals surface area (Å²) in [5, 5.41) is 0. The Bertz CT molecular complexity index is 202. The average molecular weight is 168 g/mol. The molecule has 1 fully saturated rings. The molecule has 2 unspecified atom stereocenters. The van der Waals surface area contributed by atoms with Crippen LogP contribution in [0, 0.1) is 11.8 Å². The third kappa shape index (κ3) is 1.50. The molecule has 2 aliphatic rings. The first-order chi connectivity index (χ1) is 5.06. The zero-order valence-electron chi connectivity index (χ0n) is 7.55. The second-order valence-electron chi connectivity index (χ2n) is 4.66. The van der Waals surface area contributed by atoms with Crippen molar-refractivity contribution in [1.29, 1.82) is 0 Å². The first-order valence-electron chi connectivity index (χ1n) is 4.45. The Morgan fingerprint density at radius 3 is 2.55 bits per heavy atom. The molecule has 2 aliphatic carbocycles. The van der Waals surface area contributed by atoms with Crippen LogP contribution in [0.1, 0.15) is 12.8 Å². The molecule has 0 N–H and O–H groups in total. The van der Waals surface area contributed by atoms with Gasteiger partial charge in [-0.3, -0.25) is 0 Å². The third-order valence-corrected chi connectivity index (χ3v) is 3.18. The van der Waals surface area contributed by atoms with Gasteiger partial charge in [-0.1, -0.05) is 0 Å². The minimum Gasteiger partial charge on any atom is -0.547 e. The molecule has 1 nitrogen and oxygen atoms in total. The van der Waals surface area contributed by atoms with Gasteiger partial charge in [-0.05, 0) is 44.5 Å². The zero-order valence-corrected chi connectivity index (χ0v) is 8.55. The van der Waals surface area contributed by atoms with Gasteiger partial charge in [0, 0.05) is 5.92 Å². The van der Waals surface area contributed by atoms with Crippen LogP contribution in [0.15, 0.2) is 11.8 Å². The first-order valence-corrected chi connectivity index (χ1v) is 7.86. The number of fused-ring (bicyclic) bond motifs is 1. The Morgan fingerprint density at radius 2 is 2.18 bits per heavy atom. The van der Waals surface area contributed by atoms with Crippen molar-refractivity contribution in [1.82, 2.24) is 0 Å². The highest BCUT2D eigenvalue weighted by Gasteiger charge is 2.45. The lowest BCUT2D eigenvalue weighted by atomic mass is 10.3. The van der Waals surface area contributed by atoms with Gasteiger partial charge >= 0.3 is 0 Å². The largest absolute Gasteiger partial charge is 0.547 e. The molecule has 2 rings (SSSR count). The summed E-state index contributed by atoms with van der Waals surface area (Å²) in [6, 6.07) is 0. The van der Waals surface area contributed by atoms with Crippen LogP contribution in [0.3, 0.4) is 0 Å². The van der Waals surface area contributed by atoms with Crippen LogP contribution < -0.4 is 0 Å². The summed E-state index contributed by atoms with van der Waals surface area (Å²) in [6.45, 7) is 6.76. The summed E-state index contributed by atoms with van der Waals surface area (Å²) in [7, 11) is -1.31. The number of rotatable bonds is 2. The number of hydrogen-bond acceptors (Lipinski definition) is 1. The molecule has 0 aromatic carbocycles. The second kappa shape index (κ2) is 2.13. The quantitative estimate of drug-likeness (QED) is 0.576. The molecule has 0 amide bonds. The Kier molecular flexibility index (Phi) is 1.43. The lowest BCUT2D eigenvalue weighted by Crippen LogP contribution is -2.25. The van der Waals surface area contributed by atoms with Crippen molar-refractivity contribution in [3.05, 3.63) is 11.8 Å². The Labute approximate surface area is 69.6 Å². The van der Waals surface area contributed by atoms with Gasteiger partial charge in [0.25, 0.3) is 0 Å². The summed E-state index contributed by atoms with van der Waals surface area (Å²) in [4.78, 5) is 0. The van der Waals surface area contributed by atoms with Crippen LogP contribution >= 0.6 is 0 Å². The van der Waals surface area contributed by atoms with Gasteiger partial charge in [-0.15, -0.1) is 0 Å². The molecule has 0 spiro atoms. The van der Waals surface area contributed by atoms with Gasteiger partial charge in [0.05, 0.1) is 5.76 Å². The predicted molar refractivity (Wildman–Crippen MR) is 48.7 cm³/mol. The molecular weight excluding hydrogens is 152 g/mol. The summed E-state index contributed by atoms with van der Waals surface area (Å²) in [5.41, 5.74) is 0. The maximum absolute atomic E-state index is 5.95. The standard InChI is InChI=1S/C9H16OSi/c1-11(2,3)10-9-5-4-7-6-8(7)9/h5,7-8H,4,6H2,1-3H3. The molecule has 0 heterocycles. The topological polar surface area (TPSA) is 9.23 Å². The molecule has 11 heavy (non-hydrogen) atoms. The van der Waals surface area contributed by atoms with Gasteiger partial charge in [0.2, 0.25) is 8.32 Å². The molecule has 2 atom stereocenters. The van der Waals surface area contributed by atoms with Crippen molar-refractivity contribution in [2.24, 2.45) is 11.8 Å². The van der Waals surface area contributed by atoms with Crippen LogP contribution in [0.2, 0.25) is 19.6 Å². The smallest absolute Gasteiger partial charge is 0.241 e. The molecular formula is C9H16OSi. The Balaban J connectivity index is 1.96. The van der Waals surface area contributed by atoms with Gasteiger partial charge in [0.1, 0.15) is 0 Å². The normalized spacial score (nSPS) is 34.6. The molecule has 62 valence electrons. The van der Waals surface area contributed by atoms with E-state index in [0.717, 1.165) is 11.8 Å². The van der Waals surface area contributed by atoms with Crippen LogP contribution in [0.4, 0.5) is 0 Å². The summed E-state index contributed by atoms with van der Waals surface area (Å²) < 4.78 is 5.95. The number of hydrogen-bond donors (Lipinski definition) is 0. The number of allylic oxidation sites excluding steroid dienone is 2. The lowest BCUT2D eigenvalue weighted by Gasteiger charge is -2.20. The van der Waals surface area contributed by atoms with Crippen LogP contribution in [0.5, 0.6) is 0 Å². The molecule has 1 saturated carbocycles. The monoisotopic (exact) mass is 168 g/mol. The third-order valence-electron chi connectivity index (χ3n) is 2.33. The van der Waals surface area contributed by atoms with E-state index < -0.39 is 8.32 Å². The van der Waals surface area contributed by atoms with Crippen molar-refractivity contribution >= 4 is 8.32 Å². The molecule has 0 aliphatic heterocycles. The molecule has 2 heteroatoms. The highest BCUT2D eigenvalue weighted by molar-refractivity contribution is 6.70. The van der Waals surface area contributed by atoms with Crippen molar-refractivity contribution in [3.63, 3.8) is 0 Å². The molecule has 0 aromatic rings. The fourth-order valence-electron chi connectivity index (χ4n) is 1.75. The van der Waals surface area contributed by atoms with Crippen LogP contribution in [-0.4, -0.2) is 8.32 Å². The maximum Gasteiger partial charge on any atom is 0.241 e. The van der Waals surface area contributed by atoms with Crippen molar-refractivity contribution < 1.29 is 4.43 Å². The van der Waals surface area contributed by atoms with E-state index in [9.17, 15) is 0 Å². The minimum atomic E-state index is -1.31. The van der Waals surface area contributed by atoms with E-state index in [4.69, 9.17) is 4.43 Å². The lowest BCUT2D eigenvalue weighted by molar-refractivity contribution is 0.393. The summed E-state index contributed by atoms with van der Waals surface area (Å²) >= 11 is 0. The second-order valence-corrected chi connectivity index (χ2v) is 9.09. The fourth-order valence-corrected chi connectivity index (χ4v) is 2.69. The summed E-state index contributed by atoms with van der Waals surface area (Å²) in [5.74, 6) is 3.14. The fraction of sp³-hybridized carbons (Fsp3) is 0.778. The van der Waals surface area contributed by atoms with E-state index in [1.807, 2.05) is 0 Å². The Hall–Kier alpha value is -0.243. The molecule has 0 bridgehead atoms. The molecule has 0 aromatic heterocycles. The van der Waals surface area contributed by atoms with Gasteiger partial charge < -0.3 is 4.43 Å². The highest BCUT2D eigenvalue weighted by atomic mass is 28.4. The first kappa shape index (κ1) is 7.41. The zero-order chi connectivity index (χ0) is 8.06. The van der Waals surface area contributed by atoms with Gasteiger partial charge in [0.15, 0.2) is 0 Å². The van der Waals surface area contributed by atoms with E-state index >= 15 is 0 Å². The molecule has 0 saturated heterocycles. The SMILES string of the molecule is C[Si](C)(C)OC1=CCC2CC12. The Morgan fingerprint density at radius 1 is 1.45 bits per heavy atom. The van der Waals surface area contributed by atoms with E-state index in [1.165, 1.54) is 18.6 Å². The maximum atomic E-state index is 5.95. The molecule has 0 radical (unpaired) electrons.